The first kappa shape index (κ1) is 6.46. The molecule has 2 nitrogen and oxygen atoms in total. The predicted octanol–water partition coefficient (Wildman–Crippen LogP) is 1.12. The van der Waals surface area contributed by atoms with Gasteiger partial charge in [-0.15, -0.1) is 0 Å². The van der Waals surface area contributed by atoms with Gasteiger partial charge in [-0.05, 0) is 5.10 Å². The van der Waals surface area contributed by atoms with Gasteiger partial charge in [0.15, 0.2) is 12.8 Å². The summed E-state index contributed by atoms with van der Waals surface area (Å²) >= 11 is 0. The van der Waals surface area contributed by atoms with E-state index in [0.717, 1.165) is 6.42 Å². The zero-order valence-electron chi connectivity index (χ0n) is 6.26. The Kier molecular flexibility index (Phi) is 1.65. The molecule has 1 aliphatic rings. The van der Waals surface area contributed by atoms with E-state index >= 15 is 0 Å². The second-order valence-corrected chi connectivity index (χ2v) is 2.67. The number of hydrazone groups is 1. The molecule has 0 atom stereocenters. The summed E-state index contributed by atoms with van der Waals surface area (Å²) in [5.74, 6) is 0.637. The molecule has 0 N–H and O–H groups in total. The van der Waals surface area contributed by atoms with Crippen molar-refractivity contribution in [1.29, 1.82) is 0 Å². The summed E-state index contributed by atoms with van der Waals surface area (Å²) in [6, 6.07) is 0. The smallest absolute Gasteiger partial charge is 0.0949 e. The van der Waals surface area contributed by atoms with Crippen LogP contribution in [0.25, 0.3) is 0 Å². The van der Waals surface area contributed by atoms with E-state index in [2.05, 4.69) is 18.9 Å². The summed E-state index contributed by atoms with van der Waals surface area (Å²) in [5.41, 5.74) is 1.41. The molecular weight excluding hydrogens is 112 g/mol. The Morgan fingerprint density at radius 1 is 1.67 bits per heavy atom. The predicted molar refractivity (Wildman–Crippen MR) is 39.1 cm³/mol. The first-order valence-corrected chi connectivity index (χ1v) is 3.33. The van der Waals surface area contributed by atoms with Crippen molar-refractivity contribution >= 4 is 11.9 Å². The summed E-state index contributed by atoms with van der Waals surface area (Å²) in [7, 11) is 2.00. The van der Waals surface area contributed by atoms with Crippen LogP contribution < -0.4 is 0 Å². The number of nitrogens with zero attached hydrogens (tertiary/aromatic N) is 2. The van der Waals surface area contributed by atoms with Gasteiger partial charge in [0.05, 0.1) is 12.6 Å². The van der Waals surface area contributed by atoms with Gasteiger partial charge >= 0.3 is 0 Å². The molecule has 50 valence electrons. The van der Waals surface area contributed by atoms with Gasteiger partial charge in [0.2, 0.25) is 0 Å². The Balaban J connectivity index is 2.73. The fraction of sp³-hybridized carbons (Fsp3) is 0.714. The van der Waals surface area contributed by atoms with Crippen molar-refractivity contribution in [3.63, 3.8) is 0 Å². The molecule has 0 bridgehead atoms. The normalized spacial score (nSPS) is 18.2. The molecule has 0 aromatic rings. The summed E-state index contributed by atoms with van der Waals surface area (Å²) in [6.07, 6.45) is 2.99. The molecule has 0 radical (unpaired) electrons. The minimum atomic E-state index is 0.637. The van der Waals surface area contributed by atoms with Crippen molar-refractivity contribution in [2.45, 2.75) is 20.3 Å². The summed E-state index contributed by atoms with van der Waals surface area (Å²) < 4.78 is 1.96. The van der Waals surface area contributed by atoms with E-state index in [1.807, 2.05) is 17.9 Å². The summed E-state index contributed by atoms with van der Waals surface area (Å²) in [6.45, 7) is 4.39. The van der Waals surface area contributed by atoms with Crippen molar-refractivity contribution in [3.8, 4) is 0 Å². The molecule has 0 saturated carbocycles. The van der Waals surface area contributed by atoms with Crippen LogP contribution in [0.15, 0.2) is 5.10 Å². The van der Waals surface area contributed by atoms with E-state index in [1.54, 1.807) is 0 Å². The lowest BCUT2D eigenvalue weighted by molar-refractivity contribution is -0.501. The first-order valence-electron chi connectivity index (χ1n) is 3.33. The highest BCUT2D eigenvalue weighted by atomic mass is 15.4. The Hall–Kier alpha value is -0.660. The maximum Gasteiger partial charge on any atom is 0.192 e. The van der Waals surface area contributed by atoms with Crippen LogP contribution in [0.3, 0.4) is 0 Å². The van der Waals surface area contributed by atoms with Crippen LogP contribution in [0, 0.1) is 5.92 Å². The Morgan fingerprint density at radius 3 is 2.56 bits per heavy atom. The van der Waals surface area contributed by atoms with Gasteiger partial charge in [0, 0.05) is 5.92 Å². The van der Waals surface area contributed by atoms with Gasteiger partial charge in [0.1, 0.15) is 0 Å². The van der Waals surface area contributed by atoms with Crippen molar-refractivity contribution in [2.75, 3.05) is 7.05 Å². The quantitative estimate of drug-likeness (QED) is 0.467. The van der Waals surface area contributed by atoms with E-state index in [9.17, 15) is 0 Å². The van der Waals surface area contributed by atoms with Crippen molar-refractivity contribution in [1.82, 2.24) is 0 Å². The highest BCUT2D eigenvalue weighted by Crippen LogP contribution is 2.03. The van der Waals surface area contributed by atoms with Crippen LogP contribution in [0.4, 0.5) is 0 Å². The van der Waals surface area contributed by atoms with Crippen molar-refractivity contribution in [3.05, 3.63) is 0 Å². The number of hydrogen-bond acceptors (Lipinski definition) is 1. The monoisotopic (exact) mass is 125 g/mol. The minimum absolute atomic E-state index is 0.637. The lowest BCUT2D eigenvalue weighted by Crippen LogP contribution is -2.13. The van der Waals surface area contributed by atoms with E-state index in [0.29, 0.717) is 5.92 Å². The van der Waals surface area contributed by atoms with Crippen LogP contribution in [-0.4, -0.2) is 23.7 Å². The fourth-order valence-electron chi connectivity index (χ4n) is 1.07. The number of rotatable bonds is 1. The molecule has 1 heterocycles. The SMILES string of the molecule is CC(C)C1=[N+](C)N=CC1. The fourth-order valence-corrected chi connectivity index (χ4v) is 1.07. The second-order valence-electron chi connectivity index (χ2n) is 2.67. The summed E-state index contributed by atoms with van der Waals surface area (Å²) in [4.78, 5) is 0. The molecule has 0 spiro atoms. The lowest BCUT2D eigenvalue weighted by atomic mass is 10.1. The van der Waals surface area contributed by atoms with E-state index in [1.165, 1.54) is 5.71 Å². The average molecular weight is 125 g/mol. The van der Waals surface area contributed by atoms with Gasteiger partial charge in [-0.3, -0.25) is 0 Å². The number of hydrogen-bond donors (Lipinski definition) is 0. The maximum absolute atomic E-state index is 4.11. The molecule has 0 saturated heterocycles. The maximum atomic E-state index is 4.11. The van der Waals surface area contributed by atoms with Gasteiger partial charge in [-0.1, -0.05) is 18.5 Å². The average Bonchev–Trinajstić information content (AvgIpc) is 2.13. The van der Waals surface area contributed by atoms with Crippen LogP contribution in [0.2, 0.25) is 0 Å². The van der Waals surface area contributed by atoms with E-state index in [4.69, 9.17) is 0 Å². The molecule has 0 aromatic carbocycles. The molecule has 1 aliphatic heterocycles. The molecule has 2 heteroatoms. The van der Waals surface area contributed by atoms with Crippen LogP contribution in [-0.2, 0) is 0 Å². The Bertz CT molecular complexity index is 166. The first-order chi connectivity index (χ1) is 4.22. The Morgan fingerprint density at radius 2 is 2.33 bits per heavy atom. The molecule has 9 heavy (non-hydrogen) atoms. The van der Waals surface area contributed by atoms with Crippen molar-refractivity contribution < 1.29 is 4.68 Å². The highest BCUT2D eigenvalue weighted by molar-refractivity contribution is 5.95. The van der Waals surface area contributed by atoms with Gasteiger partial charge < -0.3 is 0 Å². The van der Waals surface area contributed by atoms with Gasteiger partial charge in [-0.25, -0.2) is 0 Å². The molecule has 0 fully saturated rings. The third-order valence-electron chi connectivity index (χ3n) is 1.64. The molecule has 0 unspecified atom stereocenters. The molecule has 0 aromatic heterocycles. The molecule has 1 rings (SSSR count). The van der Waals surface area contributed by atoms with Gasteiger partial charge in [-0.2, -0.15) is 0 Å². The zero-order chi connectivity index (χ0) is 6.85. The zero-order valence-corrected chi connectivity index (χ0v) is 6.26. The van der Waals surface area contributed by atoms with E-state index in [-0.39, 0.29) is 0 Å². The Labute approximate surface area is 55.9 Å². The molecule has 0 aliphatic carbocycles. The summed E-state index contributed by atoms with van der Waals surface area (Å²) in [5, 5.41) is 4.11. The van der Waals surface area contributed by atoms with Crippen LogP contribution in [0.1, 0.15) is 20.3 Å². The highest BCUT2D eigenvalue weighted by Gasteiger charge is 2.18. The lowest BCUT2D eigenvalue weighted by Gasteiger charge is -1.96. The topological polar surface area (TPSA) is 15.4 Å². The van der Waals surface area contributed by atoms with Crippen molar-refractivity contribution in [2.24, 2.45) is 11.0 Å². The minimum Gasteiger partial charge on any atom is -0.0949 e. The standard InChI is InChI=1S/C7H13N2/c1-6(2)7-4-5-8-9(7)3/h5-6H,4H2,1-3H3/q+1. The third-order valence-corrected chi connectivity index (χ3v) is 1.64. The van der Waals surface area contributed by atoms with Crippen LogP contribution in [0.5, 0.6) is 0 Å². The van der Waals surface area contributed by atoms with E-state index < -0.39 is 0 Å². The molecule has 0 amide bonds. The van der Waals surface area contributed by atoms with Gasteiger partial charge in [0.25, 0.3) is 0 Å². The third kappa shape index (κ3) is 1.18. The van der Waals surface area contributed by atoms with Crippen LogP contribution >= 0.6 is 0 Å². The molecular formula is C7H13N2+. The largest absolute Gasteiger partial charge is 0.192 e. The second kappa shape index (κ2) is 2.29.